The smallest absolute Gasteiger partial charge is 0.238 e. The summed E-state index contributed by atoms with van der Waals surface area (Å²) in [5, 5.41) is 3.35. The molecule has 7 nitrogen and oxygen atoms in total. The number of aryl methyl sites for hydroxylation is 3. The zero-order valence-corrected chi connectivity index (χ0v) is 20.3. The van der Waals surface area contributed by atoms with E-state index in [2.05, 4.69) is 36.3 Å². The molecular weight excluding hydrogens is 452 g/mol. The van der Waals surface area contributed by atoms with Gasteiger partial charge in [0.2, 0.25) is 11.8 Å². The summed E-state index contributed by atoms with van der Waals surface area (Å²) < 4.78 is 5.88. The van der Waals surface area contributed by atoms with Crippen LogP contribution in [0, 0.1) is 13.8 Å². The molecule has 0 spiro atoms. The van der Waals surface area contributed by atoms with Crippen LogP contribution in [-0.2, 0) is 16.0 Å². The molecule has 8 heteroatoms. The first-order chi connectivity index (χ1) is 16.4. The molecule has 1 fully saturated rings. The molecule has 0 saturated carbocycles. The third-order valence-electron chi connectivity index (χ3n) is 6.14. The van der Waals surface area contributed by atoms with E-state index in [1.165, 1.54) is 11.1 Å². The van der Waals surface area contributed by atoms with Crippen LogP contribution in [-0.4, -0.2) is 59.3 Å². The average Bonchev–Trinajstić information content (AvgIpc) is 3.30. The fraction of sp³-hybridized carbons (Fsp3) is 0.346. The zero-order chi connectivity index (χ0) is 24.1. The zero-order valence-electron chi connectivity index (χ0n) is 19.5. The van der Waals surface area contributed by atoms with Crippen LogP contribution in [0.1, 0.15) is 23.4 Å². The van der Waals surface area contributed by atoms with Crippen molar-refractivity contribution in [3.05, 3.63) is 70.7 Å². The minimum Gasteiger partial charge on any atom is -0.441 e. The van der Waals surface area contributed by atoms with E-state index in [0.29, 0.717) is 61.4 Å². The Balaban J connectivity index is 1.21. The van der Waals surface area contributed by atoms with Crippen molar-refractivity contribution >= 4 is 29.1 Å². The Hall–Kier alpha value is -3.16. The van der Waals surface area contributed by atoms with Gasteiger partial charge in [-0.15, -0.1) is 0 Å². The number of piperazine rings is 1. The second-order valence-corrected chi connectivity index (χ2v) is 9.01. The van der Waals surface area contributed by atoms with E-state index in [0.717, 1.165) is 5.56 Å². The highest BCUT2D eigenvalue weighted by molar-refractivity contribution is 6.33. The maximum absolute atomic E-state index is 12.7. The summed E-state index contributed by atoms with van der Waals surface area (Å²) in [5.74, 6) is 1.24. The van der Waals surface area contributed by atoms with Gasteiger partial charge >= 0.3 is 0 Å². The van der Waals surface area contributed by atoms with Gasteiger partial charge in [-0.1, -0.05) is 35.9 Å². The number of hydrogen-bond acceptors (Lipinski definition) is 5. The molecule has 0 atom stereocenters. The lowest BCUT2D eigenvalue weighted by molar-refractivity contribution is -0.133. The number of carbonyl (C=O) groups excluding carboxylic acids is 2. The number of anilines is 1. The third-order valence-corrected chi connectivity index (χ3v) is 6.47. The Labute approximate surface area is 204 Å². The highest BCUT2D eigenvalue weighted by Gasteiger charge is 2.23. The number of carbonyl (C=O) groups is 2. The number of aromatic nitrogens is 1. The lowest BCUT2D eigenvalue weighted by Crippen LogP contribution is -2.50. The average molecular weight is 481 g/mol. The number of nitrogens with one attached hydrogen (secondary N) is 1. The molecular formula is C26H29ClN4O3. The van der Waals surface area contributed by atoms with Crippen LogP contribution in [0.4, 0.5) is 5.69 Å². The van der Waals surface area contributed by atoms with E-state index >= 15 is 0 Å². The predicted octanol–water partition coefficient (Wildman–Crippen LogP) is 4.33. The molecule has 2 heterocycles. The molecule has 0 radical (unpaired) electrons. The lowest BCUT2D eigenvalue weighted by atomic mass is 10.1. The Morgan fingerprint density at radius 2 is 1.82 bits per heavy atom. The van der Waals surface area contributed by atoms with Gasteiger partial charge in [0.05, 0.1) is 23.5 Å². The van der Waals surface area contributed by atoms with Gasteiger partial charge in [0.25, 0.3) is 0 Å². The summed E-state index contributed by atoms with van der Waals surface area (Å²) in [6, 6.07) is 13.3. The molecule has 1 aliphatic heterocycles. The first kappa shape index (κ1) is 24.0. The summed E-state index contributed by atoms with van der Waals surface area (Å²) in [4.78, 5) is 33.3. The first-order valence-corrected chi connectivity index (χ1v) is 11.8. The van der Waals surface area contributed by atoms with E-state index < -0.39 is 0 Å². The molecule has 1 N–H and O–H groups in total. The Bertz CT molecular complexity index is 1170. The fourth-order valence-corrected chi connectivity index (χ4v) is 4.12. The molecule has 178 valence electrons. The van der Waals surface area contributed by atoms with Crippen molar-refractivity contribution in [2.45, 2.75) is 26.7 Å². The molecule has 2 amide bonds. The molecule has 1 saturated heterocycles. The quantitative estimate of drug-likeness (QED) is 0.544. The Morgan fingerprint density at radius 3 is 2.56 bits per heavy atom. The number of hydrogen-bond donors (Lipinski definition) is 1. The molecule has 1 aromatic heterocycles. The monoisotopic (exact) mass is 480 g/mol. The fourth-order valence-electron chi connectivity index (χ4n) is 3.94. The summed E-state index contributed by atoms with van der Waals surface area (Å²) in [6.07, 6.45) is 2.53. The van der Waals surface area contributed by atoms with Gasteiger partial charge in [-0.2, -0.15) is 0 Å². The number of halogens is 1. The van der Waals surface area contributed by atoms with Crippen molar-refractivity contribution in [3.63, 3.8) is 0 Å². The summed E-state index contributed by atoms with van der Waals surface area (Å²) >= 11 is 6.10. The van der Waals surface area contributed by atoms with Gasteiger partial charge in [0.15, 0.2) is 11.7 Å². The lowest BCUT2D eigenvalue weighted by Gasteiger charge is -2.34. The minimum atomic E-state index is -0.114. The SMILES string of the molecule is Cc1ccc(-c2cnc(CCC(=O)N3CCN(CC(=O)Nc4ccccc4Cl)CC3)o2)cc1C. The standard InChI is InChI=1S/C26H29ClN4O3/c1-18-7-8-20(15-19(18)2)23-16-28-25(34-23)9-10-26(33)31-13-11-30(12-14-31)17-24(32)29-22-6-4-3-5-21(22)27/h3-8,15-16H,9-14,17H2,1-2H3,(H,29,32). The number of para-hydroxylation sites is 1. The van der Waals surface area contributed by atoms with Crippen LogP contribution in [0.3, 0.4) is 0 Å². The van der Waals surface area contributed by atoms with Crippen molar-refractivity contribution in [2.24, 2.45) is 0 Å². The highest BCUT2D eigenvalue weighted by Crippen LogP contribution is 2.24. The van der Waals surface area contributed by atoms with Crippen LogP contribution in [0.2, 0.25) is 5.02 Å². The molecule has 0 bridgehead atoms. The van der Waals surface area contributed by atoms with Gasteiger partial charge in [0.1, 0.15) is 0 Å². The molecule has 0 aliphatic carbocycles. The molecule has 4 rings (SSSR count). The molecule has 34 heavy (non-hydrogen) atoms. The van der Waals surface area contributed by atoms with Gasteiger partial charge < -0.3 is 14.6 Å². The largest absolute Gasteiger partial charge is 0.441 e. The van der Waals surface area contributed by atoms with Crippen molar-refractivity contribution in [1.29, 1.82) is 0 Å². The van der Waals surface area contributed by atoms with Crippen LogP contribution >= 0.6 is 11.6 Å². The van der Waals surface area contributed by atoms with Crippen molar-refractivity contribution < 1.29 is 14.0 Å². The third kappa shape index (κ3) is 6.04. The van der Waals surface area contributed by atoms with Crippen molar-refractivity contribution in [1.82, 2.24) is 14.8 Å². The summed E-state index contributed by atoms with van der Waals surface area (Å²) in [5.41, 5.74) is 4.03. The summed E-state index contributed by atoms with van der Waals surface area (Å²) in [7, 11) is 0. The second kappa shape index (κ2) is 10.8. The van der Waals surface area contributed by atoms with Gasteiger partial charge in [-0.3, -0.25) is 14.5 Å². The van der Waals surface area contributed by atoms with E-state index in [9.17, 15) is 9.59 Å². The van der Waals surface area contributed by atoms with Gasteiger partial charge in [-0.25, -0.2) is 4.98 Å². The van der Waals surface area contributed by atoms with Gasteiger partial charge in [0, 0.05) is 44.6 Å². The summed E-state index contributed by atoms with van der Waals surface area (Å²) in [6.45, 7) is 6.90. The Kier molecular flexibility index (Phi) is 7.65. The number of oxazole rings is 1. The second-order valence-electron chi connectivity index (χ2n) is 8.60. The van der Waals surface area contributed by atoms with E-state index in [1.807, 2.05) is 28.0 Å². The Morgan fingerprint density at radius 1 is 1.06 bits per heavy atom. The first-order valence-electron chi connectivity index (χ1n) is 11.5. The molecule has 1 aliphatic rings. The van der Waals surface area contributed by atoms with Crippen molar-refractivity contribution in [3.8, 4) is 11.3 Å². The van der Waals surface area contributed by atoms with E-state index in [1.54, 1.807) is 18.3 Å². The number of benzene rings is 2. The van der Waals surface area contributed by atoms with Crippen LogP contribution < -0.4 is 5.32 Å². The minimum absolute atomic E-state index is 0.0751. The number of amides is 2. The molecule has 0 unspecified atom stereocenters. The number of rotatable bonds is 7. The van der Waals surface area contributed by atoms with Crippen LogP contribution in [0.15, 0.2) is 53.1 Å². The van der Waals surface area contributed by atoms with Gasteiger partial charge in [-0.05, 0) is 43.2 Å². The predicted molar refractivity (Wildman–Crippen MR) is 133 cm³/mol. The van der Waals surface area contributed by atoms with Crippen molar-refractivity contribution in [2.75, 3.05) is 38.0 Å². The van der Waals surface area contributed by atoms with E-state index in [4.69, 9.17) is 16.0 Å². The highest BCUT2D eigenvalue weighted by atomic mass is 35.5. The maximum atomic E-state index is 12.7. The van der Waals surface area contributed by atoms with Crippen LogP contribution in [0.25, 0.3) is 11.3 Å². The topological polar surface area (TPSA) is 78.7 Å². The van der Waals surface area contributed by atoms with E-state index in [-0.39, 0.29) is 18.4 Å². The number of nitrogens with zero attached hydrogens (tertiary/aromatic N) is 3. The molecule has 3 aromatic rings. The molecule has 2 aromatic carbocycles. The van der Waals surface area contributed by atoms with Crippen LogP contribution in [0.5, 0.6) is 0 Å². The normalized spacial score (nSPS) is 14.3. The maximum Gasteiger partial charge on any atom is 0.238 e.